The topological polar surface area (TPSA) is 55.4 Å². The van der Waals surface area contributed by atoms with Gasteiger partial charge in [0.2, 0.25) is 5.91 Å². The number of rotatable bonds is 2. The van der Waals surface area contributed by atoms with E-state index in [1.807, 2.05) is 12.1 Å². The van der Waals surface area contributed by atoms with Gasteiger partial charge >= 0.3 is 5.97 Å². The Hall–Kier alpha value is -1.84. The molecule has 0 radical (unpaired) electrons. The van der Waals surface area contributed by atoms with Gasteiger partial charge in [-0.05, 0) is 36.0 Å². The molecule has 1 aromatic rings. The first kappa shape index (κ1) is 12.2. The molecule has 19 heavy (non-hydrogen) atoms. The molecule has 4 heteroatoms. The SMILES string of the molecule is COC(=O)C1(c2ccc3c(c2)CCC(=O)N3)CC1C. The number of methoxy groups -OCH3 is 1. The van der Waals surface area contributed by atoms with Gasteiger partial charge in [-0.3, -0.25) is 9.59 Å². The fourth-order valence-electron chi connectivity index (χ4n) is 3.07. The maximum atomic E-state index is 12.0. The Morgan fingerprint density at radius 2 is 2.16 bits per heavy atom. The van der Waals surface area contributed by atoms with Crippen molar-refractivity contribution in [2.45, 2.75) is 31.6 Å². The summed E-state index contributed by atoms with van der Waals surface area (Å²) in [6.45, 7) is 2.07. The van der Waals surface area contributed by atoms with Gasteiger partial charge in [0.1, 0.15) is 0 Å². The number of benzene rings is 1. The third-order valence-corrected chi connectivity index (χ3v) is 4.37. The molecule has 1 aromatic carbocycles. The number of nitrogens with one attached hydrogen (secondary N) is 1. The van der Waals surface area contributed by atoms with Crippen LogP contribution in [0.3, 0.4) is 0 Å². The van der Waals surface area contributed by atoms with Gasteiger partial charge in [0.25, 0.3) is 0 Å². The van der Waals surface area contributed by atoms with Crippen molar-refractivity contribution in [3.8, 4) is 0 Å². The van der Waals surface area contributed by atoms with Crippen molar-refractivity contribution in [3.05, 3.63) is 29.3 Å². The van der Waals surface area contributed by atoms with Crippen LogP contribution >= 0.6 is 0 Å². The molecule has 0 saturated heterocycles. The van der Waals surface area contributed by atoms with Crippen molar-refractivity contribution >= 4 is 17.6 Å². The maximum absolute atomic E-state index is 12.0. The van der Waals surface area contributed by atoms with Gasteiger partial charge in [-0.15, -0.1) is 0 Å². The average molecular weight is 259 g/mol. The number of carbonyl (C=O) groups is 2. The highest BCUT2D eigenvalue weighted by Crippen LogP contribution is 2.55. The van der Waals surface area contributed by atoms with Crippen LogP contribution in [0.25, 0.3) is 0 Å². The third-order valence-electron chi connectivity index (χ3n) is 4.37. The molecular formula is C15H17NO3. The number of hydrogen-bond donors (Lipinski definition) is 1. The number of hydrogen-bond acceptors (Lipinski definition) is 3. The monoisotopic (exact) mass is 259 g/mol. The Bertz CT molecular complexity index is 567. The van der Waals surface area contributed by atoms with E-state index in [-0.39, 0.29) is 11.9 Å². The summed E-state index contributed by atoms with van der Waals surface area (Å²) in [5, 5.41) is 2.86. The van der Waals surface area contributed by atoms with Gasteiger partial charge < -0.3 is 10.1 Å². The Labute approximate surface area is 112 Å². The molecule has 2 aliphatic rings. The van der Waals surface area contributed by atoms with Gasteiger partial charge in [-0.1, -0.05) is 19.1 Å². The van der Waals surface area contributed by atoms with Crippen molar-refractivity contribution in [2.24, 2.45) is 5.92 Å². The zero-order valence-electron chi connectivity index (χ0n) is 11.2. The molecule has 100 valence electrons. The Balaban J connectivity index is 1.99. The van der Waals surface area contributed by atoms with Crippen LogP contribution in [-0.4, -0.2) is 19.0 Å². The minimum absolute atomic E-state index is 0.0581. The predicted molar refractivity (Wildman–Crippen MR) is 70.9 cm³/mol. The minimum Gasteiger partial charge on any atom is -0.468 e. The molecule has 1 heterocycles. The molecule has 1 saturated carbocycles. The lowest BCUT2D eigenvalue weighted by atomic mass is 9.89. The van der Waals surface area contributed by atoms with E-state index < -0.39 is 5.41 Å². The van der Waals surface area contributed by atoms with Gasteiger partial charge in [0, 0.05) is 12.1 Å². The second kappa shape index (κ2) is 4.08. The number of fused-ring (bicyclic) bond motifs is 1. The zero-order valence-corrected chi connectivity index (χ0v) is 11.2. The highest BCUT2D eigenvalue weighted by molar-refractivity contribution is 5.94. The Kier molecular flexibility index (Phi) is 2.62. The van der Waals surface area contributed by atoms with Crippen LogP contribution in [-0.2, 0) is 26.2 Å². The summed E-state index contributed by atoms with van der Waals surface area (Å²) in [4.78, 5) is 23.4. The van der Waals surface area contributed by atoms with E-state index in [2.05, 4.69) is 18.3 Å². The van der Waals surface area contributed by atoms with Crippen LogP contribution in [0.2, 0.25) is 0 Å². The molecule has 1 N–H and O–H groups in total. The number of amides is 1. The van der Waals surface area contributed by atoms with Crippen molar-refractivity contribution in [3.63, 3.8) is 0 Å². The lowest BCUT2D eigenvalue weighted by molar-refractivity contribution is -0.144. The van der Waals surface area contributed by atoms with Crippen LogP contribution in [0.15, 0.2) is 18.2 Å². The third kappa shape index (κ3) is 1.74. The van der Waals surface area contributed by atoms with Crippen molar-refractivity contribution in [1.82, 2.24) is 0 Å². The zero-order chi connectivity index (χ0) is 13.6. The molecule has 2 unspecified atom stereocenters. The highest BCUT2D eigenvalue weighted by Gasteiger charge is 2.59. The minimum atomic E-state index is -0.467. The second-order valence-corrected chi connectivity index (χ2v) is 5.49. The molecule has 0 spiro atoms. The molecule has 1 fully saturated rings. The van der Waals surface area contributed by atoms with Crippen molar-refractivity contribution in [1.29, 1.82) is 0 Å². The molecular weight excluding hydrogens is 242 g/mol. The number of carbonyl (C=O) groups excluding carboxylic acids is 2. The van der Waals surface area contributed by atoms with E-state index in [1.165, 1.54) is 7.11 Å². The Morgan fingerprint density at radius 1 is 1.42 bits per heavy atom. The van der Waals surface area contributed by atoms with E-state index in [0.29, 0.717) is 12.3 Å². The molecule has 2 atom stereocenters. The summed E-state index contributed by atoms with van der Waals surface area (Å²) >= 11 is 0. The predicted octanol–water partition coefficient (Wildman–Crippen LogP) is 2.02. The van der Waals surface area contributed by atoms with Crippen molar-refractivity contribution < 1.29 is 14.3 Å². The summed E-state index contributed by atoms with van der Waals surface area (Å²) in [6.07, 6.45) is 2.09. The fraction of sp³-hybridized carbons (Fsp3) is 0.467. The molecule has 1 amide bonds. The molecule has 0 bridgehead atoms. The van der Waals surface area contributed by atoms with Crippen molar-refractivity contribution in [2.75, 3.05) is 12.4 Å². The quantitative estimate of drug-likeness (QED) is 0.827. The van der Waals surface area contributed by atoms with E-state index in [0.717, 1.165) is 29.7 Å². The smallest absolute Gasteiger partial charge is 0.316 e. The Morgan fingerprint density at radius 3 is 2.79 bits per heavy atom. The normalized spacial score (nSPS) is 28.3. The van der Waals surface area contributed by atoms with Gasteiger partial charge in [-0.2, -0.15) is 0 Å². The summed E-state index contributed by atoms with van der Waals surface area (Å²) in [7, 11) is 1.44. The average Bonchev–Trinajstić information content (AvgIpc) is 3.10. The molecule has 3 rings (SSSR count). The first-order valence-corrected chi connectivity index (χ1v) is 6.59. The molecule has 4 nitrogen and oxygen atoms in total. The summed E-state index contributed by atoms with van der Waals surface area (Å²) in [5.74, 6) is 0.221. The molecule has 1 aliphatic carbocycles. The van der Waals surface area contributed by atoms with Gasteiger partial charge in [0.15, 0.2) is 0 Å². The van der Waals surface area contributed by atoms with Crippen LogP contribution in [0.1, 0.15) is 30.9 Å². The maximum Gasteiger partial charge on any atom is 0.316 e. The first-order valence-electron chi connectivity index (χ1n) is 6.59. The van der Waals surface area contributed by atoms with Crippen LogP contribution < -0.4 is 5.32 Å². The first-order chi connectivity index (χ1) is 9.07. The summed E-state index contributed by atoms with van der Waals surface area (Å²) in [6, 6.07) is 5.89. The van der Waals surface area contributed by atoms with Gasteiger partial charge in [-0.25, -0.2) is 0 Å². The summed E-state index contributed by atoms with van der Waals surface area (Å²) in [5.41, 5.74) is 2.53. The number of ether oxygens (including phenoxy) is 1. The van der Waals surface area contributed by atoms with E-state index in [9.17, 15) is 9.59 Å². The van der Waals surface area contributed by atoms with Crippen LogP contribution in [0, 0.1) is 5.92 Å². The van der Waals surface area contributed by atoms with Crippen LogP contribution in [0.5, 0.6) is 0 Å². The second-order valence-electron chi connectivity index (χ2n) is 5.49. The number of aryl methyl sites for hydroxylation is 1. The fourth-order valence-corrected chi connectivity index (χ4v) is 3.07. The number of esters is 1. The van der Waals surface area contributed by atoms with Crippen LogP contribution in [0.4, 0.5) is 5.69 Å². The molecule has 0 aromatic heterocycles. The van der Waals surface area contributed by atoms with E-state index in [1.54, 1.807) is 0 Å². The molecule has 1 aliphatic heterocycles. The lowest BCUT2D eigenvalue weighted by Crippen LogP contribution is -2.25. The van der Waals surface area contributed by atoms with E-state index in [4.69, 9.17) is 4.74 Å². The summed E-state index contributed by atoms with van der Waals surface area (Å²) < 4.78 is 4.95. The highest BCUT2D eigenvalue weighted by atomic mass is 16.5. The standard InChI is InChI=1S/C15H17NO3/c1-9-8-15(9,14(18)19-2)11-4-5-12-10(7-11)3-6-13(17)16-12/h4-5,7,9H,3,6,8H2,1-2H3,(H,16,17). The van der Waals surface area contributed by atoms with E-state index >= 15 is 0 Å². The number of anilines is 1. The largest absolute Gasteiger partial charge is 0.468 e. The lowest BCUT2D eigenvalue weighted by Gasteiger charge is -2.20. The van der Waals surface area contributed by atoms with Gasteiger partial charge in [0.05, 0.1) is 12.5 Å².